The highest BCUT2D eigenvalue weighted by atomic mass is 16.6. The number of morpholine rings is 1. The molecule has 4 rings (SSSR count). The third-order valence-electron chi connectivity index (χ3n) is 9.22. The van der Waals surface area contributed by atoms with Gasteiger partial charge in [0.05, 0.1) is 31.3 Å². The highest BCUT2D eigenvalue weighted by Gasteiger charge is 2.79. The Morgan fingerprint density at radius 3 is 2.60 bits per heavy atom. The Morgan fingerprint density at radius 1 is 1.15 bits per heavy atom. The minimum absolute atomic E-state index is 0.105. The van der Waals surface area contributed by atoms with Gasteiger partial charge in [0.25, 0.3) is 0 Å². The summed E-state index contributed by atoms with van der Waals surface area (Å²) >= 11 is 0. The number of allylic oxidation sites excluding steroid dienone is 1. The number of hydrogen-bond acceptors (Lipinski definition) is 8. The van der Waals surface area contributed by atoms with Crippen LogP contribution in [0.15, 0.2) is 25.3 Å². The second kappa shape index (κ2) is 13.6. The van der Waals surface area contributed by atoms with Gasteiger partial charge in [-0.2, -0.15) is 0 Å². The minimum Gasteiger partial charge on any atom is -0.465 e. The van der Waals surface area contributed by atoms with Gasteiger partial charge in [0.1, 0.15) is 17.6 Å². The molecule has 4 aliphatic rings. The van der Waals surface area contributed by atoms with Gasteiger partial charge in [-0.15, -0.1) is 13.2 Å². The number of aliphatic hydroxyl groups is 1. The Hall–Kier alpha value is -2.27. The third-order valence-corrected chi connectivity index (χ3v) is 9.22. The molecule has 1 N–H and O–H groups in total. The standard InChI is InChI=1S/C30H47N3O7/c1-4-7-8-9-20-39-28(37)24-23-26(35)33(14-10-19-34)25(30(23)12-11-29(24,6-3)40-30)27(36)32(13-5-2)16-15-31-17-21-38-22-18-31/h4-5,23-25,34H,1-2,6-22H2,3H3/t23-,24-,25?,29+,30?/m0/s1. The van der Waals surface area contributed by atoms with Crippen molar-refractivity contribution in [2.75, 3.05) is 65.7 Å². The van der Waals surface area contributed by atoms with Crippen molar-refractivity contribution in [3.63, 3.8) is 0 Å². The van der Waals surface area contributed by atoms with E-state index < -0.39 is 35.0 Å². The molecule has 2 bridgehead atoms. The number of ether oxygens (including phenoxy) is 3. The molecule has 0 saturated carbocycles. The van der Waals surface area contributed by atoms with Crippen molar-refractivity contribution in [2.24, 2.45) is 11.8 Å². The zero-order valence-corrected chi connectivity index (χ0v) is 24.1. The first-order valence-electron chi connectivity index (χ1n) is 15.0. The third kappa shape index (κ3) is 5.73. The molecule has 10 heteroatoms. The number of rotatable bonds is 16. The van der Waals surface area contributed by atoms with Crippen LogP contribution in [0.2, 0.25) is 0 Å². The summed E-state index contributed by atoms with van der Waals surface area (Å²) in [5.41, 5.74) is -1.91. The van der Waals surface area contributed by atoms with Gasteiger partial charge >= 0.3 is 5.97 Å². The Kier molecular flexibility index (Phi) is 10.4. The molecule has 0 aromatic carbocycles. The molecule has 1 spiro atoms. The van der Waals surface area contributed by atoms with Crippen LogP contribution in [0.3, 0.4) is 0 Å². The average Bonchev–Trinajstić information content (AvgIpc) is 3.57. The number of hydrogen-bond donors (Lipinski definition) is 1. The predicted octanol–water partition coefficient (Wildman–Crippen LogP) is 1.77. The topological polar surface area (TPSA) is 109 Å². The first kappa shape index (κ1) is 30.7. The highest BCUT2D eigenvalue weighted by Crippen LogP contribution is 2.64. The number of nitrogens with zero attached hydrogens (tertiary/aromatic N) is 3. The number of likely N-dealkylation sites (tertiary alicyclic amines) is 1. The average molecular weight is 562 g/mol. The molecule has 224 valence electrons. The lowest BCUT2D eigenvalue weighted by Crippen LogP contribution is -2.57. The van der Waals surface area contributed by atoms with Crippen LogP contribution in [0.5, 0.6) is 0 Å². The van der Waals surface area contributed by atoms with E-state index in [1.165, 1.54) is 0 Å². The van der Waals surface area contributed by atoms with Crippen LogP contribution in [0, 0.1) is 11.8 Å². The van der Waals surface area contributed by atoms with E-state index in [4.69, 9.17) is 14.2 Å². The summed E-state index contributed by atoms with van der Waals surface area (Å²) in [6, 6.07) is -0.861. The molecule has 2 amide bonds. The van der Waals surface area contributed by atoms with Crippen LogP contribution in [-0.2, 0) is 28.6 Å². The molecule has 4 aliphatic heterocycles. The number of amides is 2. The molecule has 10 nitrogen and oxygen atoms in total. The van der Waals surface area contributed by atoms with Crippen LogP contribution >= 0.6 is 0 Å². The largest absolute Gasteiger partial charge is 0.465 e. The first-order valence-corrected chi connectivity index (χ1v) is 15.0. The van der Waals surface area contributed by atoms with E-state index in [-0.39, 0.29) is 31.6 Å². The van der Waals surface area contributed by atoms with Crippen molar-refractivity contribution in [3.8, 4) is 0 Å². The van der Waals surface area contributed by atoms with E-state index >= 15 is 0 Å². The van der Waals surface area contributed by atoms with Crippen molar-refractivity contribution in [1.29, 1.82) is 0 Å². The summed E-state index contributed by atoms with van der Waals surface area (Å²) in [5, 5.41) is 9.60. The zero-order chi connectivity index (χ0) is 28.8. The van der Waals surface area contributed by atoms with E-state index in [1.807, 2.05) is 13.0 Å². The summed E-state index contributed by atoms with van der Waals surface area (Å²) in [6.07, 6.45) is 8.00. The molecule has 4 saturated heterocycles. The Labute approximate surface area is 238 Å². The van der Waals surface area contributed by atoms with Gasteiger partial charge in [0.2, 0.25) is 11.8 Å². The highest BCUT2D eigenvalue weighted by molar-refractivity contribution is 5.98. The molecule has 0 aromatic heterocycles. The van der Waals surface area contributed by atoms with E-state index in [1.54, 1.807) is 15.9 Å². The van der Waals surface area contributed by atoms with E-state index in [0.29, 0.717) is 58.5 Å². The molecule has 0 aromatic rings. The van der Waals surface area contributed by atoms with Gasteiger partial charge in [-0.25, -0.2) is 0 Å². The van der Waals surface area contributed by atoms with Crippen molar-refractivity contribution in [3.05, 3.63) is 25.3 Å². The molecular weight excluding hydrogens is 514 g/mol. The van der Waals surface area contributed by atoms with Crippen LogP contribution in [0.25, 0.3) is 0 Å². The lowest BCUT2D eigenvalue weighted by molar-refractivity contribution is -0.162. The molecule has 4 fully saturated rings. The predicted molar refractivity (Wildman–Crippen MR) is 149 cm³/mol. The molecule has 4 heterocycles. The number of esters is 1. The fraction of sp³-hybridized carbons (Fsp3) is 0.767. The Balaban J connectivity index is 1.60. The number of unbranched alkanes of at least 4 members (excludes halogenated alkanes) is 2. The van der Waals surface area contributed by atoms with Crippen molar-refractivity contribution < 1.29 is 33.7 Å². The maximum atomic E-state index is 14.4. The van der Waals surface area contributed by atoms with Gasteiger partial charge in [-0.3, -0.25) is 19.3 Å². The SMILES string of the molecule is C=CCCCCOC(=O)[C@@H]1[C@H]2C(=O)N(CCCO)C(C(=O)N(CC=C)CCN3CCOCC3)C23CC[C@@]1(CC)O3. The fourth-order valence-electron chi connectivity index (χ4n) is 7.20. The molecule has 40 heavy (non-hydrogen) atoms. The molecule has 2 unspecified atom stereocenters. The Bertz CT molecular complexity index is 938. The van der Waals surface area contributed by atoms with Crippen molar-refractivity contribution in [2.45, 2.75) is 69.1 Å². The smallest absolute Gasteiger partial charge is 0.312 e. The van der Waals surface area contributed by atoms with E-state index in [2.05, 4.69) is 18.1 Å². The van der Waals surface area contributed by atoms with Crippen LogP contribution in [0.1, 0.15) is 51.9 Å². The van der Waals surface area contributed by atoms with Gasteiger partial charge < -0.3 is 29.1 Å². The van der Waals surface area contributed by atoms with Crippen molar-refractivity contribution in [1.82, 2.24) is 14.7 Å². The van der Waals surface area contributed by atoms with Gasteiger partial charge in [-0.05, 0) is 44.9 Å². The van der Waals surface area contributed by atoms with E-state index in [0.717, 1.165) is 32.4 Å². The fourth-order valence-corrected chi connectivity index (χ4v) is 7.20. The summed E-state index contributed by atoms with van der Waals surface area (Å²) in [5.74, 6) is -2.38. The lowest BCUT2D eigenvalue weighted by atomic mass is 9.65. The second-order valence-corrected chi connectivity index (χ2v) is 11.4. The van der Waals surface area contributed by atoms with Gasteiger partial charge in [0, 0.05) is 45.9 Å². The zero-order valence-electron chi connectivity index (χ0n) is 24.1. The van der Waals surface area contributed by atoms with Crippen LogP contribution < -0.4 is 0 Å². The summed E-state index contributed by atoms with van der Waals surface area (Å²) in [4.78, 5) is 47.6. The quantitative estimate of drug-likeness (QED) is 0.173. The first-order chi connectivity index (χ1) is 19.4. The molecule has 5 atom stereocenters. The number of aliphatic hydroxyl groups excluding tert-OH is 1. The van der Waals surface area contributed by atoms with Gasteiger partial charge in [-0.1, -0.05) is 19.1 Å². The van der Waals surface area contributed by atoms with Crippen LogP contribution in [-0.4, -0.2) is 121 Å². The summed E-state index contributed by atoms with van der Waals surface area (Å²) < 4.78 is 18.0. The maximum Gasteiger partial charge on any atom is 0.312 e. The number of carbonyl (C=O) groups is 3. The molecule has 0 radical (unpaired) electrons. The minimum atomic E-state index is -1.09. The number of carbonyl (C=O) groups excluding carboxylic acids is 3. The second-order valence-electron chi connectivity index (χ2n) is 11.4. The lowest BCUT2D eigenvalue weighted by Gasteiger charge is -2.37. The monoisotopic (exact) mass is 561 g/mol. The van der Waals surface area contributed by atoms with Crippen molar-refractivity contribution >= 4 is 17.8 Å². The molecule has 0 aliphatic carbocycles. The van der Waals surface area contributed by atoms with Gasteiger partial charge in [0.15, 0.2) is 0 Å². The Morgan fingerprint density at radius 2 is 1.93 bits per heavy atom. The normalized spacial score (nSPS) is 31.3. The summed E-state index contributed by atoms with van der Waals surface area (Å²) in [7, 11) is 0. The van der Waals surface area contributed by atoms with Crippen LogP contribution in [0.4, 0.5) is 0 Å². The molecular formula is C30H47N3O7. The summed E-state index contributed by atoms with van der Waals surface area (Å²) in [6.45, 7) is 14.5. The number of fused-ring (bicyclic) bond motifs is 1. The maximum absolute atomic E-state index is 14.4. The van der Waals surface area contributed by atoms with E-state index in [9.17, 15) is 19.5 Å².